The third kappa shape index (κ3) is 4.84. The number of nitrogens with one attached hydrogen (secondary N) is 3. The highest BCUT2D eigenvalue weighted by Crippen LogP contribution is 2.13. The van der Waals surface area contributed by atoms with Crippen molar-refractivity contribution >= 4 is 23.3 Å². The number of aryl methyl sites for hydroxylation is 1. The fourth-order valence-corrected chi connectivity index (χ4v) is 1.97. The van der Waals surface area contributed by atoms with E-state index in [2.05, 4.69) is 21.1 Å². The quantitative estimate of drug-likeness (QED) is 0.754. The highest BCUT2D eigenvalue weighted by molar-refractivity contribution is 5.95. The second-order valence-corrected chi connectivity index (χ2v) is 5.22. The van der Waals surface area contributed by atoms with Crippen LogP contribution >= 0.6 is 0 Å². The summed E-state index contributed by atoms with van der Waals surface area (Å²) < 4.78 is 4.90. The molecule has 0 aliphatic rings. The Morgan fingerprint density at radius 3 is 2.52 bits per heavy atom. The summed E-state index contributed by atoms with van der Waals surface area (Å²) in [5.41, 5.74) is 1.70. The SMILES string of the molecule is CNC(=O)Cc1ccc(NC(C)C(=O)Nc2cc(C)on2)cc1. The maximum Gasteiger partial charge on any atom is 0.247 e. The van der Waals surface area contributed by atoms with E-state index in [1.54, 1.807) is 27.0 Å². The van der Waals surface area contributed by atoms with Gasteiger partial charge in [0.2, 0.25) is 11.8 Å². The van der Waals surface area contributed by atoms with Crippen molar-refractivity contribution in [3.63, 3.8) is 0 Å². The zero-order valence-electron chi connectivity index (χ0n) is 13.3. The van der Waals surface area contributed by atoms with E-state index < -0.39 is 6.04 Å². The first-order valence-electron chi connectivity index (χ1n) is 7.28. The van der Waals surface area contributed by atoms with E-state index in [1.165, 1.54) is 0 Å². The maximum atomic E-state index is 12.1. The smallest absolute Gasteiger partial charge is 0.247 e. The molecule has 7 heteroatoms. The number of hydrogen-bond donors (Lipinski definition) is 3. The number of nitrogens with zero attached hydrogens (tertiary/aromatic N) is 1. The van der Waals surface area contributed by atoms with Crippen molar-refractivity contribution in [1.82, 2.24) is 10.5 Å². The van der Waals surface area contributed by atoms with Gasteiger partial charge in [0.05, 0.1) is 6.42 Å². The molecule has 0 spiro atoms. The van der Waals surface area contributed by atoms with Crippen LogP contribution in [0, 0.1) is 6.92 Å². The van der Waals surface area contributed by atoms with Gasteiger partial charge in [-0.25, -0.2) is 0 Å². The maximum absolute atomic E-state index is 12.1. The molecule has 7 nitrogen and oxygen atoms in total. The molecule has 23 heavy (non-hydrogen) atoms. The third-order valence-electron chi connectivity index (χ3n) is 3.25. The lowest BCUT2D eigenvalue weighted by atomic mass is 10.1. The van der Waals surface area contributed by atoms with Gasteiger partial charge in [0.1, 0.15) is 11.8 Å². The first-order chi connectivity index (χ1) is 11.0. The first-order valence-corrected chi connectivity index (χ1v) is 7.28. The van der Waals surface area contributed by atoms with Crippen LogP contribution in [-0.4, -0.2) is 30.1 Å². The monoisotopic (exact) mass is 316 g/mol. The molecule has 2 amide bonds. The predicted molar refractivity (Wildman–Crippen MR) is 87.2 cm³/mol. The van der Waals surface area contributed by atoms with Gasteiger partial charge in [-0.1, -0.05) is 17.3 Å². The Morgan fingerprint density at radius 1 is 1.26 bits per heavy atom. The Balaban J connectivity index is 1.90. The van der Waals surface area contributed by atoms with Gasteiger partial charge < -0.3 is 20.5 Å². The van der Waals surface area contributed by atoms with Crippen LogP contribution in [0.3, 0.4) is 0 Å². The number of likely N-dealkylation sites (N-methyl/N-ethyl adjacent to an activating group) is 1. The van der Waals surface area contributed by atoms with Gasteiger partial charge in [0, 0.05) is 18.8 Å². The largest absolute Gasteiger partial charge is 0.374 e. The zero-order chi connectivity index (χ0) is 16.8. The molecule has 0 aliphatic carbocycles. The van der Waals surface area contributed by atoms with Crippen LogP contribution in [0.5, 0.6) is 0 Å². The summed E-state index contributed by atoms with van der Waals surface area (Å²) in [5.74, 6) is 0.767. The first kappa shape index (κ1) is 16.5. The van der Waals surface area contributed by atoms with Gasteiger partial charge in [0.15, 0.2) is 5.82 Å². The van der Waals surface area contributed by atoms with Gasteiger partial charge in [-0.05, 0) is 31.5 Å². The molecule has 2 rings (SSSR count). The lowest BCUT2D eigenvalue weighted by Crippen LogP contribution is -2.31. The molecule has 0 saturated heterocycles. The van der Waals surface area contributed by atoms with Crippen LogP contribution in [0.1, 0.15) is 18.2 Å². The van der Waals surface area contributed by atoms with Gasteiger partial charge >= 0.3 is 0 Å². The number of anilines is 2. The summed E-state index contributed by atoms with van der Waals surface area (Å²) in [4.78, 5) is 23.4. The predicted octanol–water partition coefficient (Wildman–Crippen LogP) is 1.71. The lowest BCUT2D eigenvalue weighted by molar-refractivity contribution is -0.120. The number of hydrogen-bond acceptors (Lipinski definition) is 5. The average molecular weight is 316 g/mol. The molecule has 1 heterocycles. The highest BCUT2D eigenvalue weighted by atomic mass is 16.5. The highest BCUT2D eigenvalue weighted by Gasteiger charge is 2.14. The standard InChI is InChI=1S/C16H20N4O3/c1-10-8-14(20-23-10)19-16(22)11(2)18-13-6-4-12(5-7-13)9-15(21)17-3/h4-8,11,18H,9H2,1-3H3,(H,17,21)(H,19,20,22). The van der Waals surface area contributed by atoms with Crippen LogP contribution in [-0.2, 0) is 16.0 Å². The second-order valence-electron chi connectivity index (χ2n) is 5.22. The van der Waals surface area contributed by atoms with E-state index in [9.17, 15) is 9.59 Å². The van der Waals surface area contributed by atoms with E-state index in [-0.39, 0.29) is 11.8 Å². The zero-order valence-corrected chi connectivity index (χ0v) is 13.3. The van der Waals surface area contributed by atoms with Crippen molar-refractivity contribution in [3.8, 4) is 0 Å². The molecule has 0 radical (unpaired) electrons. The van der Waals surface area contributed by atoms with Crippen molar-refractivity contribution in [2.75, 3.05) is 17.7 Å². The van der Waals surface area contributed by atoms with Gasteiger partial charge in [-0.15, -0.1) is 0 Å². The van der Waals surface area contributed by atoms with Crippen molar-refractivity contribution in [2.45, 2.75) is 26.3 Å². The van der Waals surface area contributed by atoms with E-state index in [4.69, 9.17) is 4.52 Å². The van der Waals surface area contributed by atoms with E-state index in [1.807, 2.05) is 24.3 Å². The minimum absolute atomic E-state index is 0.0404. The van der Waals surface area contributed by atoms with Crippen molar-refractivity contribution < 1.29 is 14.1 Å². The Morgan fingerprint density at radius 2 is 1.96 bits per heavy atom. The Hall–Kier alpha value is -2.83. The number of carbonyl (C=O) groups is 2. The number of amides is 2. The minimum atomic E-state index is -0.447. The number of aromatic nitrogens is 1. The average Bonchev–Trinajstić information content (AvgIpc) is 2.94. The summed E-state index contributed by atoms with van der Waals surface area (Å²) in [6.45, 7) is 3.51. The van der Waals surface area contributed by atoms with Crippen LogP contribution in [0.15, 0.2) is 34.9 Å². The summed E-state index contributed by atoms with van der Waals surface area (Å²) >= 11 is 0. The van der Waals surface area contributed by atoms with Crippen molar-refractivity contribution in [3.05, 3.63) is 41.7 Å². The lowest BCUT2D eigenvalue weighted by Gasteiger charge is -2.14. The summed E-state index contributed by atoms with van der Waals surface area (Å²) in [6.07, 6.45) is 0.332. The van der Waals surface area contributed by atoms with Gasteiger partial charge in [0.25, 0.3) is 0 Å². The Bertz CT molecular complexity index is 679. The van der Waals surface area contributed by atoms with Crippen molar-refractivity contribution in [2.24, 2.45) is 0 Å². The third-order valence-corrected chi connectivity index (χ3v) is 3.25. The number of benzene rings is 1. The molecule has 0 saturated carbocycles. The van der Waals surface area contributed by atoms with E-state index >= 15 is 0 Å². The molecule has 2 aromatic rings. The molecule has 0 aliphatic heterocycles. The Kier molecular flexibility index (Phi) is 5.35. The molecular weight excluding hydrogens is 296 g/mol. The Labute approximate surface area is 134 Å². The summed E-state index contributed by atoms with van der Waals surface area (Å²) in [7, 11) is 1.61. The fourth-order valence-electron chi connectivity index (χ4n) is 1.97. The normalized spacial score (nSPS) is 11.6. The summed E-state index contributed by atoms with van der Waals surface area (Å²) in [5, 5.41) is 12.1. The number of rotatable bonds is 6. The minimum Gasteiger partial charge on any atom is -0.374 e. The molecule has 3 N–H and O–H groups in total. The molecular formula is C16H20N4O3. The molecule has 122 valence electrons. The van der Waals surface area contributed by atoms with Crippen LogP contribution < -0.4 is 16.0 Å². The topological polar surface area (TPSA) is 96.3 Å². The van der Waals surface area contributed by atoms with Crippen LogP contribution in [0.4, 0.5) is 11.5 Å². The number of carbonyl (C=O) groups excluding carboxylic acids is 2. The van der Waals surface area contributed by atoms with Gasteiger partial charge in [-0.3, -0.25) is 9.59 Å². The van der Waals surface area contributed by atoms with E-state index in [0.717, 1.165) is 11.3 Å². The molecule has 1 aromatic carbocycles. The van der Waals surface area contributed by atoms with E-state index in [0.29, 0.717) is 18.0 Å². The molecule has 1 atom stereocenters. The molecule has 1 unspecified atom stereocenters. The van der Waals surface area contributed by atoms with Crippen molar-refractivity contribution in [1.29, 1.82) is 0 Å². The van der Waals surface area contributed by atoms with Crippen LogP contribution in [0.25, 0.3) is 0 Å². The molecule has 0 bridgehead atoms. The van der Waals surface area contributed by atoms with Gasteiger partial charge in [-0.2, -0.15) is 0 Å². The molecule has 1 aromatic heterocycles. The fraction of sp³-hybridized carbons (Fsp3) is 0.312. The van der Waals surface area contributed by atoms with Crippen LogP contribution in [0.2, 0.25) is 0 Å². The summed E-state index contributed by atoms with van der Waals surface area (Å²) in [6, 6.07) is 8.58. The molecule has 0 fully saturated rings. The second kappa shape index (κ2) is 7.44.